The van der Waals surface area contributed by atoms with Gasteiger partial charge >= 0.3 is 0 Å². The van der Waals surface area contributed by atoms with Crippen LogP contribution in [0.5, 0.6) is 0 Å². The molecule has 1 unspecified atom stereocenters. The Labute approximate surface area is 181 Å². The molecule has 1 aliphatic rings. The summed E-state index contributed by atoms with van der Waals surface area (Å²) >= 11 is 0. The molecule has 0 bridgehead atoms. The number of hydrogen-bond acceptors (Lipinski definition) is 5. The number of ether oxygens (including phenoxy) is 1. The van der Waals surface area contributed by atoms with Gasteiger partial charge in [0.15, 0.2) is 0 Å². The van der Waals surface area contributed by atoms with Gasteiger partial charge in [-0.15, -0.1) is 0 Å². The molecular weight excluding hydrogens is 398 g/mol. The molecule has 2 aromatic rings. The van der Waals surface area contributed by atoms with E-state index in [0.717, 1.165) is 37.3 Å². The molecule has 1 aromatic heterocycles. The smallest absolute Gasteiger partial charge is 0.228 e. The topological polar surface area (TPSA) is 64.4 Å². The number of methoxy groups -OCH3 is 1. The molecule has 0 amide bonds. The average Bonchev–Trinajstić information content (AvgIpc) is 3.10. The SMILES string of the molecule is COCCC1CCCCN1Cc1cnc(S(=O)(=O)CC(C)C)n1Cc1ccccc1. The highest BCUT2D eigenvalue weighted by molar-refractivity contribution is 7.91. The lowest BCUT2D eigenvalue weighted by atomic mass is 9.99. The predicted molar refractivity (Wildman–Crippen MR) is 119 cm³/mol. The van der Waals surface area contributed by atoms with E-state index in [-0.39, 0.29) is 16.8 Å². The number of benzene rings is 1. The largest absolute Gasteiger partial charge is 0.385 e. The number of aromatic nitrogens is 2. The molecule has 1 aromatic carbocycles. The van der Waals surface area contributed by atoms with Crippen LogP contribution in [0, 0.1) is 5.92 Å². The van der Waals surface area contributed by atoms with E-state index in [1.54, 1.807) is 13.3 Å². The van der Waals surface area contributed by atoms with Crippen LogP contribution in [0.4, 0.5) is 0 Å². The van der Waals surface area contributed by atoms with Crippen molar-refractivity contribution in [3.05, 3.63) is 47.8 Å². The molecule has 166 valence electrons. The number of piperidine rings is 1. The Balaban J connectivity index is 1.91. The number of rotatable bonds is 10. The van der Waals surface area contributed by atoms with Gasteiger partial charge in [-0.3, -0.25) is 4.90 Å². The minimum atomic E-state index is -3.44. The summed E-state index contributed by atoms with van der Waals surface area (Å²) in [4.78, 5) is 6.89. The zero-order chi connectivity index (χ0) is 21.6. The third-order valence-corrected chi connectivity index (χ3v) is 7.67. The lowest BCUT2D eigenvalue weighted by Crippen LogP contribution is -2.40. The fraction of sp³-hybridized carbons (Fsp3) is 0.609. The molecule has 1 saturated heterocycles. The molecule has 7 heteroatoms. The second-order valence-corrected chi connectivity index (χ2v) is 10.6. The van der Waals surface area contributed by atoms with Gasteiger partial charge in [0.1, 0.15) is 0 Å². The van der Waals surface area contributed by atoms with Crippen LogP contribution in [0.1, 0.15) is 50.8 Å². The Hall–Kier alpha value is -1.70. The first-order valence-electron chi connectivity index (χ1n) is 10.9. The van der Waals surface area contributed by atoms with Crippen LogP contribution in [0.2, 0.25) is 0 Å². The normalized spacial score (nSPS) is 18.2. The van der Waals surface area contributed by atoms with E-state index in [1.165, 1.54) is 12.8 Å². The van der Waals surface area contributed by atoms with E-state index in [0.29, 0.717) is 19.1 Å². The van der Waals surface area contributed by atoms with Crippen LogP contribution < -0.4 is 0 Å². The van der Waals surface area contributed by atoms with E-state index in [4.69, 9.17) is 4.74 Å². The van der Waals surface area contributed by atoms with Crippen molar-refractivity contribution in [1.29, 1.82) is 0 Å². The van der Waals surface area contributed by atoms with Crippen molar-refractivity contribution in [3.63, 3.8) is 0 Å². The van der Waals surface area contributed by atoms with Gasteiger partial charge in [-0.1, -0.05) is 50.6 Å². The van der Waals surface area contributed by atoms with Crippen molar-refractivity contribution < 1.29 is 13.2 Å². The average molecular weight is 434 g/mol. The third-order valence-electron chi connectivity index (χ3n) is 5.69. The number of sulfone groups is 1. The summed E-state index contributed by atoms with van der Waals surface area (Å²) in [6, 6.07) is 10.5. The van der Waals surface area contributed by atoms with Gasteiger partial charge in [0, 0.05) is 26.3 Å². The van der Waals surface area contributed by atoms with Gasteiger partial charge in [0.2, 0.25) is 15.0 Å². The quantitative estimate of drug-likeness (QED) is 0.571. The number of hydrogen-bond donors (Lipinski definition) is 0. The van der Waals surface area contributed by atoms with E-state index in [1.807, 2.05) is 48.7 Å². The van der Waals surface area contributed by atoms with Crippen molar-refractivity contribution in [2.24, 2.45) is 5.92 Å². The molecule has 0 aliphatic carbocycles. The van der Waals surface area contributed by atoms with Crippen LogP contribution in [0.15, 0.2) is 41.7 Å². The second kappa shape index (κ2) is 10.6. The monoisotopic (exact) mass is 433 g/mol. The summed E-state index contributed by atoms with van der Waals surface area (Å²) in [5.74, 6) is 0.166. The van der Waals surface area contributed by atoms with Crippen molar-refractivity contribution >= 4 is 9.84 Å². The van der Waals surface area contributed by atoms with Crippen LogP contribution >= 0.6 is 0 Å². The molecule has 1 atom stereocenters. The number of nitrogens with zero attached hydrogens (tertiary/aromatic N) is 3. The summed E-state index contributed by atoms with van der Waals surface area (Å²) < 4.78 is 33.3. The highest BCUT2D eigenvalue weighted by Gasteiger charge is 2.27. The first-order valence-corrected chi connectivity index (χ1v) is 12.6. The molecular formula is C23H35N3O3S. The van der Waals surface area contributed by atoms with Crippen molar-refractivity contribution in [3.8, 4) is 0 Å². The lowest BCUT2D eigenvalue weighted by molar-refractivity contribution is 0.0954. The van der Waals surface area contributed by atoms with Crippen molar-refractivity contribution in [2.45, 2.75) is 63.8 Å². The summed E-state index contributed by atoms with van der Waals surface area (Å²) in [5, 5.41) is 0.195. The Morgan fingerprint density at radius 3 is 2.63 bits per heavy atom. The molecule has 30 heavy (non-hydrogen) atoms. The molecule has 6 nitrogen and oxygen atoms in total. The molecule has 0 saturated carbocycles. The minimum absolute atomic E-state index is 0.0563. The second-order valence-electron chi connectivity index (χ2n) is 8.68. The Morgan fingerprint density at radius 2 is 1.93 bits per heavy atom. The van der Waals surface area contributed by atoms with Crippen LogP contribution in [-0.4, -0.2) is 54.9 Å². The van der Waals surface area contributed by atoms with Gasteiger partial charge in [-0.25, -0.2) is 13.4 Å². The summed E-state index contributed by atoms with van der Waals surface area (Å²) in [5.41, 5.74) is 2.04. The van der Waals surface area contributed by atoms with E-state index >= 15 is 0 Å². The molecule has 1 aliphatic heterocycles. The summed E-state index contributed by atoms with van der Waals surface area (Å²) in [7, 11) is -1.70. The zero-order valence-corrected chi connectivity index (χ0v) is 19.3. The van der Waals surface area contributed by atoms with Gasteiger partial charge < -0.3 is 9.30 Å². The Kier molecular flexibility index (Phi) is 8.08. The van der Waals surface area contributed by atoms with Crippen molar-refractivity contribution in [1.82, 2.24) is 14.5 Å². The van der Waals surface area contributed by atoms with Crippen LogP contribution in [0.3, 0.4) is 0 Å². The molecule has 0 spiro atoms. The maximum Gasteiger partial charge on any atom is 0.228 e. The van der Waals surface area contributed by atoms with Gasteiger partial charge in [0.05, 0.1) is 24.2 Å². The molecule has 0 N–H and O–H groups in total. The fourth-order valence-corrected chi connectivity index (χ4v) is 6.03. The third kappa shape index (κ3) is 5.93. The Bertz CT molecular complexity index is 894. The standard InChI is InChI=1S/C23H35N3O3S/c1-19(2)18-30(27,28)23-24-15-22(26(23)16-20-9-5-4-6-10-20)17-25-13-8-7-11-21(25)12-14-29-3/h4-6,9-10,15,19,21H,7-8,11-14,16-18H2,1-3H3. The van der Waals surface area contributed by atoms with E-state index < -0.39 is 9.84 Å². The fourth-order valence-electron chi connectivity index (χ4n) is 4.27. The van der Waals surface area contributed by atoms with E-state index in [2.05, 4.69) is 9.88 Å². The minimum Gasteiger partial charge on any atom is -0.385 e. The number of likely N-dealkylation sites (tertiary alicyclic amines) is 1. The van der Waals surface area contributed by atoms with E-state index in [9.17, 15) is 8.42 Å². The zero-order valence-electron chi connectivity index (χ0n) is 18.5. The van der Waals surface area contributed by atoms with Crippen molar-refractivity contribution in [2.75, 3.05) is 26.0 Å². The van der Waals surface area contributed by atoms with Crippen LogP contribution in [-0.2, 0) is 27.7 Å². The highest BCUT2D eigenvalue weighted by atomic mass is 32.2. The van der Waals surface area contributed by atoms with Gasteiger partial charge in [0.25, 0.3) is 0 Å². The maximum atomic E-state index is 13.1. The number of imidazole rings is 1. The van der Waals surface area contributed by atoms with Gasteiger partial charge in [-0.05, 0) is 37.3 Å². The first-order chi connectivity index (χ1) is 14.4. The molecule has 1 fully saturated rings. The molecule has 2 heterocycles. The predicted octanol–water partition coefficient (Wildman–Crippen LogP) is 3.75. The lowest BCUT2D eigenvalue weighted by Gasteiger charge is -2.35. The Morgan fingerprint density at radius 1 is 1.17 bits per heavy atom. The summed E-state index contributed by atoms with van der Waals surface area (Å²) in [6.07, 6.45) is 6.34. The van der Waals surface area contributed by atoms with Crippen LogP contribution in [0.25, 0.3) is 0 Å². The first kappa shape index (κ1) is 23.0. The highest BCUT2D eigenvalue weighted by Crippen LogP contribution is 2.24. The summed E-state index contributed by atoms with van der Waals surface area (Å²) in [6.45, 7) is 6.86. The molecule has 0 radical (unpaired) electrons. The van der Waals surface area contributed by atoms with Gasteiger partial charge in [-0.2, -0.15) is 0 Å². The molecule has 3 rings (SSSR count). The maximum absolute atomic E-state index is 13.1.